The lowest BCUT2D eigenvalue weighted by molar-refractivity contribution is -0.00260. The smallest absolute Gasteiger partial charge is 0.218 e. The van der Waals surface area contributed by atoms with Crippen molar-refractivity contribution in [1.29, 1.82) is 0 Å². The van der Waals surface area contributed by atoms with Gasteiger partial charge in [0, 0.05) is 13.1 Å². The van der Waals surface area contributed by atoms with Gasteiger partial charge in [0.1, 0.15) is 0 Å². The van der Waals surface area contributed by atoms with Crippen LogP contribution in [0.4, 0.5) is 0 Å². The molecule has 1 fully saturated rings. The minimum Gasteiger partial charge on any atom is -0.371 e. The van der Waals surface area contributed by atoms with Crippen LogP contribution in [0.3, 0.4) is 0 Å². The summed E-state index contributed by atoms with van der Waals surface area (Å²) in [5, 5.41) is 0. The van der Waals surface area contributed by atoms with Crippen LogP contribution in [0.15, 0.2) is 54.6 Å². The largest absolute Gasteiger partial charge is 0.371 e. The first-order valence-electron chi connectivity index (χ1n) is 7.74. The van der Waals surface area contributed by atoms with Crippen molar-refractivity contribution in [3.63, 3.8) is 0 Å². The Kier molecular flexibility index (Phi) is 4.80. The van der Waals surface area contributed by atoms with E-state index < -0.39 is 10.0 Å². The number of rotatable bonds is 4. The molecule has 122 valence electrons. The van der Waals surface area contributed by atoms with Crippen LogP contribution in [0.1, 0.15) is 22.8 Å². The predicted molar refractivity (Wildman–Crippen MR) is 90.5 cm³/mol. The summed E-state index contributed by atoms with van der Waals surface area (Å²) in [5.41, 5.74) is 2.96. The van der Waals surface area contributed by atoms with Gasteiger partial charge in [-0.05, 0) is 18.1 Å². The molecule has 0 N–H and O–H groups in total. The van der Waals surface area contributed by atoms with E-state index in [1.807, 2.05) is 61.5 Å². The Hall–Kier alpha value is -1.69. The molecule has 1 saturated heterocycles. The number of benzene rings is 2. The van der Waals surface area contributed by atoms with Crippen molar-refractivity contribution in [3.8, 4) is 0 Å². The quantitative estimate of drug-likeness (QED) is 0.865. The van der Waals surface area contributed by atoms with Gasteiger partial charge >= 0.3 is 0 Å². The molecule has 3 rings (SSSR count). The molecule has 1 heterocycles. The molecule has 5 heteroatoms. The van der Waals surface area contributed by atoms with Crippen LogP contribution in [0.2, 0.25) is 0 Å². The van der Waals surface area contributed by atoms with Gasteiger partial charge in [-0.3, -0.25) is 0 Å². The van der Waals surface area contributed by atoms with E-state index in [1.54, 1.807) is 4.31 Å². The van der Waals surface area contributed by atoms with Crippen LogP contribution in [-0.2, 0) is 20.5 Å². The van der Waals surface area contributed by atoms with Gasteiger partial charge in [-0.15, -0.1) is 0 Å². The van der Waals surface area contributed by atoms with E-state index >= 15 is 0 Å². The maximum absolute atomic E-state index is 12.7. The molecular weight excluding hydrogens is 310 g/mol. The van der Waals surface area contributed by atoms with Gasteiger partial charge in [0.15, 0.2) is 0 Å². The third-order valence-corrected chi connectivity index (χ3v) is 5.88. The maximum Gasteiger partial charge on any atom is 0.218 e. The second-order valence-corrected chi connectivity index (χ2v) is 7.84. The number of hydrogen-bond acceptors (Lipinski definition) is 3. The summed E-state index contributed by atoms with van der Waals surface area (Å²) in [6, 6.07) is 17.4. The first kappa shape index (κ1) is 16.2. The van der Waals surface area contributed by atoms with Gasteiger partial charge < -0.3 is 4.74 Å². The number of morpholine rings is 1. The van der Waals surface area contributed by atoms with E-state index in [2.05, 4.69) is 0 Å². The molecule has 0 radical (unpaired) electrons. The van der Waals surface area contributed by atoms with Crippen molar-refractivity contribution >= 4 is 10.0 Å². The van der Waals surface area contributed by atoms with Crippen LogP contribution in [0.25, 0.3) is 0 Å². The van der Waals surface area contributed by atoms with Crippen molar-refractivity contribution in [3.05, 3.63) is 71.3 Å². The SMILES string of the molecule is Cc1ccc(CS(=O)(=O)N2CCOC(c3ccccc3)C2)cc1. The molecule has 0 amide bonds. The topological polar surface area (TPSA) is 46.6 Å². The molecule has 1 atom stereocenters. The Balaban J connectivity index is 1.73. The Labute approximate surface area is 137 Å². The first-order valence-corrected chi connectivity index (χ1v) is 9.35. The van der Waals surface area contributed by atoms with E-state index in [0.717, 1.165) is 16.7 Å². The summed E-state index contributed by atoms with van der Waals surface area (Å²) >= 11 is 0. The summed E-state index contributed by atoms with van der Waals surface area (Å²) in [4.78, 5) is 0. The van der Waals surface area contributed by atoms with Gasteiger partial charge in [0.25, 0.3) is 0 Å². The zero-order valence-electron chi connectivity index (χ0n) is 13.2. The lowest BCUT2D eigenvalue weighted by Gasteiger charge is -2.32. The van der Waals surface area contributed by atoms with Gasteiger partial charge in [0.2, 0.25) is 10.0 Å². The second-order valence-electron chi connectivity index (χ2n) is 5.87. The number of sulfonamides is 1. The van der Waals surface area contributed by atoms with E-state index in [1.165, 1.54) is 0 Å². The zero-order chi connectivity index (χ0) is 16.3. The molecule has 23 heavy (non-hydrogen) atoms. The number of hydrogen-bond donors (Lipinski definition) is 0. The summed E-state index contributed by atoms with van der Waals surface area (Å²) in [7, 11) is -3.34. The van der Waals surface area contributed by atoms with E-state index in [-0.39, 0.29) is 11.9 Å². The normalized spacial score (nSPS) is 19.6. The first-order chi connectivity index (χ1) is 11.0. The maximum atomic E-state index is 12.7. The standard InChI is InChI=1S/C18H21NO3S/c1-15-7-9-16(10-8-15)14-23(20,21)19-11-12-22-18(13-19)17-5-3-2-4-6-17/h2-10,18H,11-14H2,1H3. The van der Waals surface area contributed by atoms with E-state index in [0.29, 0.717) is 19.7 Å². The molecule has 1 aliphatic heterocycles. The lowest BCUT2D eigenvalue weighted by atomic mass is 10.1. The Morgan fingerprint density at radius 2 is 1.78 bits per heavy atom. The third kappa shape index (κ3) is 3.99. The Bertz CT molecular complexity index is 742. The fraction of sp³-hybridized carbons (Fsp3) is 0.333. The highest BCUT2D eigenvalue weighted by Crippen LogP contribution is 2.24. The van der Waals surface area contributed by atoms with Gasteiger partial charge in [0.05, 0.1) is 18.5 Å². The Morgan fingerprint density at radius 1 is 1.09 bits per heavy atom. The lowest BCUT2D eigenvalue weighted by Crippen LogP contribution is -2.42. The zero-order valence-corrected chi connectivity index (χ0v) is 14.0. The number of aryl methyl sites for hydroxylation is 1. The molecule has 0 bridgehead atoms. The van der Waals surface area contributed by atoms with Crippen molar-refractivity contribution in [1.82, 2.24) is 4.31 Å². The average Bonchev–Trinajstić information content (AvgIpc) is 2.58. The number of nitrogens with zero attached hydrogens (tertiary/aromatic N) is 1. The fourth-order valence-electron chi connectivity index (χ4n) is 2.73. The molecule has 0 spiro atoms. The minimum atomic E-state index is -3.34. The van der Waals surface area contributed by atoms with Crippen LogP contribution < -0.4 is 0 Å². The molecule has 0 saturated carbocycles. The van der Waals surface area contributed by atoms with Gasteiger partial charge in [-0.1, -0.05) is 60.2 Å². The fourth-order valence-corrected chi connectivity index (χ4v) is 4.25. The Morgan fingerprint density at radius 3 is 2.48 bits per heavy atom. The summed E-state index contributed by atoms with van der Waals surface area (Å²) in [6.45, 7) is 3.20. The summed E-state index contributed by atoms with van der Waals surface area (Å²) in [6.07, 6.45) is -0.197. The summed E-state index contributed by atoms with van der Waals surface area (Å²) < 4.78 is 32.7. The summed E-state index contributed by atoms with van der Waals surface area (Å²) in [5.74, 6) is 0.0365. The molecule has 0 aromatic heterocycles. The molecule has 1 unspecified atom stereocenters. The van der Waals surface area contributed by atoms with Crippen LogP contribution in [-0.4, -0.2) is 32.4 Å². The van der Waals surface area contributed by atoms with Crippen molar-refractivity contribution < 1.29 is 13.2 Å². The van der Waals surface area contributed by atoms with Crippen LogP contribution in [0, 0.1) is 6.92 Å². The molecule has 2 aromatic rings. The number of ether oxygens (including phenoxy) is 1. The van der Waals surface area contributed by atoms with Crippen LogP contribution >= 0.6 is 0 Å². The average molecular weight is 331 g/mol. The van der Waals surface area contributed by atoms with Crippen LogP contribution in [0.5, 0.6) is 0 Å². The van der Waals surface area contributed by atoms with Gasteiger partial charge in [-0.2, -0.15) is 4.31 Å². The predicted octanol–water partition coefficient (Wildman–Crippen LogP) is 2.90. The highest BCUT2D eigenvalue weighted by Gasteiger charge is 2.30. The van der Waals surface area contributed by atoms with Crippen molar-refractivity contribution in [2.75, 3.05) is 19.7 Å². The third-order valence-electron chi connectivity index (χ3n) is 4.06. The molecule has 4 nitrogen and oxygen atoms in total. The van der Waals surface area contributed by atoms with E-state index in [4.69, 9.17) is 4.74 Å². The molecule has 2 aromatic carbocycles. The van der Waals surface area contributed by atoms with Gasteiger partial charge in [-0.25, -0.2) is 8.42 Å². The van der Waals surface area contributed by atoms with E-state index in [9.17, 15) is 8.42 Å². The monoisotopic (exact) mass is 331 g/mol. The second kappa shape index (κ2) is 6.83. The minimum absolute atomic E-state index is 0.0365. The van der Waals surface area contributed by atoms with Crippen molar-refractivity contribution in [2.24, 2.45) is 0 Å². The molecule has 1 aliphatic rings. The molecule has 0 aliphatic carbocycles. The highest BCUT2D eigenvalue weighted by atomic mass is 32.2. The molecular formula is C18H21NO3S. The van der Waals surface area contributed by atoms with Crippen molar-refractivity contribution in [2.45, 2.75) is 18.8 Å². The highest BCUT2D eigenvalue weighted by molar-refractivity contribution is 7.88.